The van der Waals surface area contributed by atoms with E-state index < -0.39 is 5.97 Å². The quantitative estimate of drug-likeness (QED) is 0.445. The van der Waals surface area contributed by atoms with Gasteiger partial charge in [0.15, 0.2) is 12.9 Å². The molecule has 2 aromatic carbocycles. The van der Waals surface area contributed by atoms with Crippen molar-refractivity contribution in [1.82, 2.24) is 0 Å². The largest absolute Gasteiger partial charge is 0.481 e. The van der Waals surface area contributed by atoms with Crippen LogP contribution in [0.1, 0.15) is 30.1 Å². The molecule has 0 radical (unpaired) electrons. The lowest BCUT2D eigenvalue weighted by molar-refractivity contribution is -0.146. The van der Waals surface area contributed by atoms with E-state index in [1.807, 2.05) is 37.3 Å². The van der Waals surface area contributed by atoms with Gasteiger partial charge < -0.3 is 9.47 Å². The number of aldehydes is 1. The highest BCUT2D eigenvalue weighted by Gasteiger charge is 2.10. The summed E-state index contributed by atoms with van der Waals surface area (Å²) in [6.07, 6.45) is 2.55. The van der Waals surface area contributed by atoms with Crippen LogP contribution < -0.4 is 4.74 Å². The van der Waals surface area contributed by atoms with Gasteiger partial charge in [0.2, 0.25) is 0 Å². The SMILES string of the molecule is CCCCOC(=O)COc1ccc2ccccc2c1C=O. The number of fused-ring (bicyclic) bond motifs is 1. The van der Waals surface area contributed by atoms with E-state index in [0.29, 0.717) is 17.9 Å². The lowest BCUT2D eigenvalue weighted by atomic mass is 10.0. The molecule has 0 aliphatic rings. The number of benzene rings is 2. The zero-order chi connectivity index (χ0) is 15.1. The highest BCUT2D eigenvalue weighted by molar-refractivity contribution is 6.00. The Hall–Kier alpha value is -2.36. The maximum absolute atomic E-state index is 11.5. The van der Waals surface area contributed by atoms with E-state index >= 15 is 0 Å². The minimum atomic E-state index is -0.423. The standard InChI is InChI=1S/C17H18O4/c1-2-3-10-20-17(19)12-21-16-9-8-13-6-4-5-7-14(13)15(16)11-18/h4-9,11H,2-3,10,12H2,1H3. The fourth-order valence-electron chi connectivity index (χ4n) is 2.03. The van der Waals surface area contributed by atoms with Crippen LogP contribution in [0.15, 0.2) is 36.4 Å². The molecule has 4 nitrogen and oxygen atoms in total. The van der Waals surface area contributed by atoms with Crippen LogP contribution in [0.2, 0.25) is 0 Å². The highest BCUT2D eigenvalue weighted by atomic mass is 16.6. The number of carbonyl (C=O) groups is 2. The van der Waals surface area contributed by atoms with E-state index in [9.17, 15) is 9.59 Å². The van der Waals surface area contributed by atoms with Crippen molar-refractivity contribution in [2.45, 2.75) is 19.8 Å². The number of carbonyl (C=O) groups excluding carboxylic acids is 2. The Morgan fingerprint density at radius 2 is 2.00 bits per heavy atom. The summed E-state index contributed by atoms with van der Waals surface area (Å²) >= 11 is 0. The van der Waals surface area contributed by atoms with Crippen LogP contribution in [-0.2, 0) is 9.53 Å². The van der Waals surface area contributed by atoms with Crippen LogP contribution in [0, 0.1) is 0 Å². The molecule has 0 saturated heterocycles. The number of hydrogen-bond acceptors (Lipinski definition) is 4. The molecular formula is C17H18O4. The van der Waals surface area contributed by atoms with Crippen molar-refractivity contribution in [3.8, 4) is 5.75 Å². The van der Waals surface area contributed by atoms with Crippen molar-refractivity contribution in [1.29, 1.82) is 0 Å². The summed E-state index contributed by atoms with van der Waals surface area (Å²) in [4.78, 5) is 22.8. The van der Waals surface area contributed by atoms with Gasteiger partial charge in [-0.15, -0.1) is 0 Å². The van der Waals surface area contributed by atoms with Gasteiger partial charge in [0.05, 0.1) is 12.2 Å². The molecule has 0 aromatic heterocycles. The predicted molar refractivity (Wildman–Crippen MR) is 80.7 cm³/mol. The minimum Gasteiger partial charge on any atom is -0.481 e. The van der Waals surface area contributed by atoms with Crippen molar-refractivity contribution in [2.75, 3.05) is 13.2 Å². The van der Waals surface area contributed by atoms with Crippen LogP contribution in [0.4, 0.5) is 0 Å². The maximum Gasteiger partial charge on any atom is 0.344 e. The molecule has 2 rings (SSSR count). The first-order valence-electron chi connectivity index (χ1n) is 7.01. The van der Waals surface area contributed by atoms with Gasteiger partial charge in [0, 0.05) is 0 Å². The maximum atomic E-state index is 11.5. The molecule has 0 unspecified atom stereocenters. The van der Waals surface area contributed by atoms with Gasteiger partial charge in [-0.3, -0.25) is 4.79 Å². The summed E-state index contributed by atoms with van der Waals surface area (Å²) in [6.45, 7) is 2.23. The summed E-state index contributed by atoms with van der Waals surface area (Å²) in [5.74, 6) is -0.0235. The summed E-state index contributed by atoms with van der Waals surface area (Å²) < 4.78 is 10.4. The minimum absolute atomic E-state index is 0.192. The topological polar surface area (TPSA) is 52.6 Å². The molecule has 0 aliphatic carbocycles. The van der Waals surface area contributed by atoms with E-state index in [4.69, 9.17) is 9.47 Å². The Morgan fingerprint density at radius 3 is 2.76 bits per heavy atom. The van der Waals surface area contributed by atoms with Crippen LogP contribution in [0.3, 0.4) is 0 Å². The van der Waals surface area contributed by atoms with Crippen molar-refractivity contribution in [3.05, 3.63) is 42.0 Å². The second-order valence-corrected chi connectivity index (χ2v) is 4.68. The third kappa shape index (κ3) is 3.81. The second kappa shape index (κ2) is 7.43. The Bertz CT molecular complexity index is 634. The van der Waals surface area contributed by atoms with E-state index in [1.54, 1.807) is 6.07 Å². The van der Waals surface area contributed by atoms with Crippen molar-refractivity contribution in [3.63, 3.8) is 0 Å². The first-order chi connectivity index (χ1) is 10.3. The fraction of sp³-hybridized carbons (Fsp3) is 0.294. The molecule has 110 valence electrons. The molecule has 21 heavy (non-hydrogen) atoms. The zero-order valence-corrected chi connectivity index (χ0v) is 12.0. The van der Waals surface area contributed by atoms with Gasteiger partial charge in [-0.1, -0.05) is 43.7 Å². The number of esters is 1. The second-order valence-electron chi connectivity index (χ2n) is 4.68. The fourth-order valence-corrected chi connectivity index (χ4v) is 2.03. The molecule has 0 heterocycles. The molecule has 0 saturated carbocycles. The monoisotopic (exact) mass is 286 g/mol. The summed E-state index contributed by atoms with van der Waals surface area (Å²) in [5, 5.41) is 1.77. The Labute approximate surface area is 123 Å². The average molecular weight is 286 g/mol. The molecule has 0 amide bonds. The van der Waals surface area contributed by atoms with E-state index in [2.05, 4.69) is 0 Å². The summed E-state index contributed by atoms with van der Waals surface area (Å²) in [7, 11) is 0. The van der Waals surface area contributed by atoms with E-state index in [0.717, 1.165) is 29.9 Å². The van der Waals surface area contributed by atoms with Gasteiger partial charge >= 0.3 is 5.97 Å². The molecule has 0 N–H and O–H groups in total. The van der Waals surface area contributed by atoms with Gasteiger partial charge in [0.25, 0.3) is 0 Å². The first-order valence-corrected chi connectivity index (χ1v) is 7.01. The normalized spacial score (nSPS) is 10.3. The van der Waals surface area contributed by atoms with Crippen LogP contribution in [0.5, 0.6) is 5.75 Å². The number of unbranched alkanes of at least 4 members (excludes halogenated alkanes) is 1. The molecule has 0 bridgehead atoms. The molecule has 0 spiro atoms. The van der Waals surface area contributed by atoms with Crippen LogP contribution >= 0.6 is 0 Å². The molecule has 0 atom stereocenters. The van der Waals surface area contributed by atoms with Gasteiger partial charge in [-0.25, -0.2) is 4.79 Å². The van der Waals surface area contributed by atoms with Crippen LogP contribution in [0.25, 0.3) is 10.8 Å². The lowest BCUT2D eigenvalue weighted by Gasteiger charge is -2.10. The van der Waals surface area contributed by atoms with Gasteiger partial charge in [-0.05, 0) is 23.3 Å². The smallest absolute Gasteiger partial charge is 0.344 e. The van der Waals surface area contributed by atoms with Crippen molar-refractivity contribution < 1.29 is 19.1 Å². The summed E-state index contributed by atoms with van der Waals surface area (Å²) in [6, 6.07) is 11.1. The number of hydrogen-bond donors (Lipinski definition) is 0. The highest BCUT2D eigenvalue weighted by Crippen LogP contribution is 2.26. The molecule has 4 heteroatoms. The van der Waals surface area contributed by atoms with Crippen molar-refractivity contribution >= 4 is 23.0 Å². The lowest BCUT2D eigenvalue weighted by Crippen LogP contribution is -2.16. The van der Waals surface area contributed by atoms with E-state index in [-0.39, 0.29) is 6.61 Å². The zero-order valence-electron chi connectivity index (χ0n) is 12.0. The van der Waals surface area contributed by atoms with Gasteiger partial charge in [-0.2, -0.15) is 0 Å². The molecule has 2 aromatic rings. The average Bonchev–Trinajstić information content (AvgIpc) is 2.52. The molecule has 0 aliphatic heterocycles. The van der Waals surface area contributed by atoms with Crippen molar-refractivity contribution in [2.24, 2.45) is 0 Å². The third-order valence-electron chi connectivity index (χ3n) is 3.16. The first kappa shape index (κ1) is 15.0. The van der Waals surface area contributed by atoms with E-state index in [1.165, 1.54) is 0 Å². The Morgan fingerprint density at radius 1 is 1.19 bits per heavy atom. The Kier molecular flexibility index (Phi) is 5.32. The summed E-state index contributed by atoms with van der Waals surface area (Å²) in [5.41, 5.74) is 0.453. The third-order valence-corrected chi connectivity index (χ3v) is 3.16. The van der Waals surface area contributed by atoms with Gasteiger partial charge in [0.1, 0.15) is 5.75 Å². The predicted octanol–water partition coefficient (Wildman–Crippen LogP) is 3.37. The molecular weight excluding hydrogens is 268 g/mol. The number of ether oxygens (including phenoxy) is 2. The Balaban J connectivity index is 2.08. The number of rotatable bonds is 7. The molecule has 0 fully saturated rings. The van der Waals surface area contributed by atoms with Crippen LogP contribution in [-0.4, -0.2) is 25.5 Å².